The minimum atomic E-state index is -0.398. The summed E-state index contributed by atoms with van der Waals surface area (Å²) in [5.41, 5.74) is 5.25. The summed E-state index contributed by atoms with van der Waals surface area (Å²) in [5, 5.41) is 6.03. The molecule has 2 heterocycles. The third-order valence-corrected chi connectivity index (χ3v) is 5.34. The number of benzene rings is 2. The molecule has 1 amide bonds. The normalized spacial score (nSPS) is 11.7. The second kappa shape index (κ2) is 7.32. The van der Waals surface area contributed by atoms with E-state index in [4.69, 9.17) is 4.42 Å². The molecule has 0 bridgehead atoms. The van der Waals surface area contributed by atoms with E-state index in [1.54, 1.807) is 12.3 Å². The summed E-state index contributed by atoms with van der Waals surface area (Å²) in [4.78, 5) is 12.4. The SMILES string of the molecule is CCn1cc(/C=N\NC(=O)c2cc3cc(Br)cc(Br)c3o2)c2ccccc21. The average molecular weight is 489 g/mol. The van der Waals surface area contributed by atoms with Gasteiger partial charge in [0.1, 0.15) is 5.58 Å². The van der Waals surface area contributed by atoms with Gasteiger partial charge in [-0.15, -0.1) is 0 Å². The summed E-state index contributed by atoms with van der Waals surface area (Å²) >= 11 is 6.87. The Morgan fingerprint density at radius 3 is 2.89 bits per heavy atom. The highest BCUT2D eigenvalue weighted by atomic mass is 79.9. The van der Waals surface area contributed by atoms with Gasteiger partial charge >= 0.3 is 5.91 Å². The largest absolute Gasteiger partial charge is 0.450 e. The second-order valence-corrected chi connectivity index (χ2v) is 7.77. The number of hydrogen-bond donors (Lipinski definition) is 1. The van der Waals surface area contributed by atoms with Crippen LogP contribution in [-0.4, -0.2) is 16.7 Å². The molecule has 4 aromatic rings. The van der Waals surface area contributed by atoms with Gasteiger partial charge < -0.3 is 8.98 Å². The van der Waals surface area contributed by atoms with Crippen molar-refractivity contribution in [2.75, 3.05) is 0 Å². The lowest BCUT2D eigenvalue weighted by Gasteiger charge is -1.97. The van der Waals surface area contributed by atoms with Crippen LogP contribution < -0.4 is 5.43 Å². The van der Waals surface area contributed by atoms with Crippen LogP contribution in [0.1, 0.15) is 23.0 Å². The van der Waals surface area contributed by atoms with E-state index < -0.39 is 5.91 Å². The molecule has 0 atom stereocenters. The number of nitrogens with zero attached hydrogens (tertiary/aromatic N) is 2. The maximum absolute atomic E-state index is 12.4. The van der Waals surface area contributed by atoms with Crippen LogP contribution in [0, 0.1) is 0 Å². The molecule has 0 spiro atoms. The lowest BCUT2D eigenvalue weighted by molar-refractivity contribution is 0.0929. The van der Waals surface area contributed by atoms with Crippen molar-refractivity contribution in [1.82, 2.24) is 9.99 Å². The van der Waals surface area contributed by atoms with Crippen LogP contribution in [0.15, 0.2) is 67.1 Å². The quantitative estimate of drug-likeness (QED) is 0.296. The van der Waals surface area contributed by atoms with Crippen LogP contribution in [0.3, 0.4) is 0 Å². The van der Waals surface area contributed by atoms with Gasteiger partial charge in [-0.3, -0.25) is 4.79 Å². The van der Waals surface area contributed by atoms with Crippen molar-refractivity contribution in [2.45, 2.75) is 13.5 Å². The van der Waals surface area contributed by atoms with Crippen LogP contribution in [0.2, 0.25) is 0 Å². The van der Waals surface area contributed by atoms with Crippen molar-refractivity contribution in [3.8, 4) is 0 Å². The number of hydrogen-bond acceptors (Lipinski definition) is 3. The van der Waals surface area contributed by atoms with Gasteiger partial charge in [-0.05, 0) is 47.1 Å². The molecule has 5 nitrogen and oxygen atoms in total. The van der Waals surface area contributed by atoms with Crippen LogP contribution in [0.5, 0.6) is 0 Å². The van der Waals surface area contributed by atoms with Gasteiger partial charge in [0.15, 0.2) is 5.76 Å². The first-order valence-corrected chi connectivity index (χ1v) is 9.95. The topological polar surface area (TPSA) is 59.5 Å². The molecule has 4 rings (SSSR count). The van der Waals surface area contributed by atoms with Gasteiger partial charge in [0.2, 0.25) is 0 Å². The molecule has 0 radical (unpaired) electrons. The number of halogens is 2. The molecule has 0 aliphatic rings. The predicted octanol–water partition coefficient (Wildman–Crippen LogP) is 5.70. The summed E-state index contributed by atoms with van der Waals surface area (Å²) in [6.07, 6.45) is 3.68. The maximum Gasteiger partial charge on any atom is 0.307 e. The van der Waals surface area contributed by atoms with Gasteiger partial charge in [0, 0.05) is 39.1 Å². The molecule has 0 fully saturated rings. The molecule has 0 saturated carbocycles. The minimum absolute atomic E-state index is 0.205. The lowest BCUT2D eigenvalue weighted by atomic mass is 10.2. The monoisotopic (exact) mass is 487 g/mol. The summed E-state index contributed by atoms with van der Waals surface area (Å²) in [6, 6.07) is 13.6. The fraction of sp³-hybridized carbons (Fsp3) is 0.100. The third-order valence-electron chi connectivity index (χ3n) is 4.29. The molecular formula is C20H15Br2N3O2. The first-order chi connectivity index (χ1) is 13.1. The summed E-state index contributed by atoms with van der Waals surface area (Å²) < 4.78 is 9.48. The first-order valence-electron chi connectivity index (χ1n) is 8.36. The summed E-state index contributed by atoms with van der Waals surface area (Å²) in [6.45, 7) is 2.96. The number of furan rings is 1. The Morgan fingerprint density at radius 2 is 2.07 bits per heavy atom. The predicted molar refractivity (Wildman–Crippen MR) is 114 cm³/mol. The zero-order chi connectivity index (χ0) is 19.0. The van der Waals surface area contributed by atoms with Crippen LogP contribution in [0.25, 0.3) is 21.9 Å². The molecule has 136 valence electrons. The number of rotatable bonds is 4. The van der Waals surface area contributed by atoms with Crippen molar-refractivity contribution in [2.24, 2.45) is 5.10 Å². The van der Waals surface area contributed by atoms with Crippen molar-refractivity contribution in [1.29, 1.82) is 0 Å². The van der Waals surface area contributed by atoms with Crippen molar-refractivity contribution in [3.63, 3.8) is 0 Å². The number of carbonyl (C=O) groups is 1. The molecule has 0 aliphatic heterocycles. The summed E-state index contributed by atoms with van der Waals surface area (Å²) in [5.74, 6) is -0.193. The molecule has 2 aromatic heterocycles. The van der Waals surface area contributed by atoms with Gasteiger partial charge in [-0.1, -0.05) is 34.1 Å². The van der Waals surface area contributed by atoms with Crippen LogP contribution in [0.4, 0.5) is 0 Å². The van der Waals surface area contributed by atoms with E-state index in [9.17, 15) is 4.79 Å². The van der Waals surface area contributed by atoms with E-state index in [-0.39, 0.29) is 5.76 Å². The Morgan fingerprint density at radius 1 is 1.26 bits per heavy atom. The fourth-order valence-electron chi connectivity index (χ4n) is 3.04. The van der Waals surface area contributed by atoms with Crippen LogP contribution in [-0.2, 0) is 6.54 Å². The number of aromatic nitrogens is 1. The molecule has 0 unspecified atom stereocenters. The van der Waals surface area contributed by atoms with E-state index in [2.05, 4.69) is 59.9 Å². The molecule has 1 N–H and O–H groups in total. The number of fused-ring (bicyclic) bond motifs is 2. The molecule has 0 aliphatic carbocycles. The lowest BCUT2D eigenvalue weighted by Crippen LogP contribution is -2.16. The number of para-hydroxylation sites is 1. The van der Waals surface area contributed by atoms with Gasteiger partial charge in [0.05, 0.1) is 10.7 Å². The zero-order valence-corrected chi connectivity index (χ0v) is 17.5. The molecule has 2 aromatic carbocycles. The Bertz CT molecular complexity index is 1190. The van der Waals surface area contributed by atoms with E-state index in [0.717, 1.165) is 37.3 Å². The van der Waals surface area contributed by atoms with Crippen molar-refractivity contribution in [3.05, 3.63) is 68.9 Å². The smallest absolute Gasteiger partial charge is 0.307 e. The van der Waals surface area contributed by atoms with Crippen molar-refractivity contribution < 1.29 is 9.21 Å². The highest BCUT2D eigenvalue weighted by molar-refractivity contribution is 9.11. The Kier molecular flexibility index (Phi) is 4.88. The maximum atomic E-state index is 12.4. The number of carbonyl (C=O) groups excluding carboxylic acids is 1. The fourth-order valence-corrected chi connectivity index (χ4v) is 4.38. The molecular weight excluding hydrogens is 474 g/mol. The third kappa shape index (κ3) is 3.44. The Labute approximate surface area is 172 Å². The molecule has 0 saturated heterocycles. The van der Waals surface area contributed by atoms with E-state index >= 15 is 0 Å². The minimum Gasteiger partial charge on any atom is -0.450 e. The Hall–Kier alpha value is -2.38. The second-order valence-electron chi connectivity index (χ2n) is 6.00. The number of aryl methyl sites for hydroxylation is 1. The molecule has 7 heteroatoms. The van der Waals surface area contributed by atoms with Crippen molar-refractivity contribution >= 4 is 65.9 Å². The summed E-state index contributed by atoms with van der Waals surface area (Å²) in [7, 11) is 0. The van der Waals surface area contributed by atoms with E-state index in [1.807, 2.05) is 36.5 Å². The van der Waals surface area contributed by atoms with E-state index in [0.29, 0.717) is 5.58 Å². The van der Waals surface area contributed by atoms with Gasteiger partial charge in [-0.2, -0.15) is 5.10 Å². The first kappa shape index (κ1) is 18.0. The number of amides is 1. The van der Waals surface area contributed by atoms with Gasteiger partial charge in [0.25, 0.3) is 0 Å². The number of hydrazone groups is 1. The van der Waals surface area contributed by atoms with E-state index in [1.165, 1.54) is 0 Å². The highest BCUT2D eigenvalue weighted by Crippen LogP contribution is 2.31. The average Bonchev–Trinajstić information content (AvgIpc) is 3.23. The standard InChI is InChI=1S/C20H15Br2N3O2/c1-2-25-11-13(15-5-3-4-6-17(15)25)10-23-24-20(26)18-8-12-7-14(21)9-16(22)19(12)27-18/h3-11H,2H2,1H3,(H,24,26)/b23-10-. The number of nitrogens with one attached hydrogen (secondary N) is 1. The van der Waals surface area contributed by atoms with Gasteiger partial charge in [-0.25, -0.2) is 5.43 Å². The zero-order valence-electron chi connectivity index (χ0n) is 14.4. The Balaban J connectivity index is 1.57. The molecule has 27 heavy (non-hydrogen) atoms. The highest BCUT2D eigenvalue weighted by Gasteiger charge is 2.14. The van der Waals surface area contributed by atoms with Crippen LogP contribution >= 0.6 is 31.9 Å².